The molecule has 240 valence electrons. The van der Waals surface area contributed by atoms with Crippen LogP contribution in [0.1, 0.15) is 31.4 Å². The van der Waals surface area contributed by atoms with Crippen LogP contribution in [-0.4, -0.2) is 4.57 Å². The molecule has 0 unspecified atom stereocenters. The van der Waals surface area contributed by atoms with E-state index < -0.39 is 0 Å². The second kappa shape index (κ2) is 11.8. The number of hydrogen-bond acceptors (Lipinski definition) is 1. The van der Waals surface area contributed by atoms with Crippen LogP contribution in [0.15, 0.2) is 188 Å². The van der Waals surface area contributed by atoms with E-state index in [-0.39, 0.29) is 5.41 Å². The third-order valence-corrected chi connectivity index (χ3v) is 10.6. The van der Waals surface area contributed by atoms with Crippen LogP contribution in [0.3, 0.4) is 0 Å². The third kappa shape index (κ3) is 4.56. The summed E-state index contributed by atoms with van der Waals surface area (Å²) in [5, 5.41) is 4.99. The van der Waals surface area contributed by atoms with Gasteiger partial charge in [-0.25, -0.2) is 0 Å². The van der Waals surface area contributed by atoms with Crippen LogP contribution in [0.25, 0.3) is 49.4 Å². The largest absolute Gasteiger partial charge is 0.310 e. The standard InChI is InChI=1S/C48H38N2/c1-4-5-25-42(34-18-7-6-8-19-34)49(43-28-15-20-33-17-9-10-21-36(33)43)35-30-31-39-41(32-35)48(2,3)40-24-16-29-46(47(39)40)50-44-26-13-11-22-37(44)38-23-12-14-27-45(38)50/h4-18,20-32H,1,19H2,2-3H3/b25-5-,42-34+. The van der Waals surface area contributed by atoms with E-state index in [0.29, 0.717) is 0 Å². The zero-order chi connectivity index (χ0) is 33.8. The van der Waals surface area contributed by atoms with Gasteiger partial charge < -0.3 is 9.47 Å². The number of anilines is 2. The van der Waals surface area contributed by atoms with Gasteiger partial charge >= 0.3 is 0 Å². The average molecular weight is 643 g/mol. The lowest BCUT2D eigenvalue weighted by Crippen LogP contribution is -2.20. The molecule has 0 N–H and O–H groups in total. The van der Waals surface area contributed by atoms with Gasteiger partial charge in [0.2, 0.25) is 0 Å². The predicted molar refractivity (Wildman–Crippen MR) is 214 cm³/mol. The summed E-state index contributed by atoms with van der Waals surface area (Å²) in [6.45, 7) is 8.79. The number of benzene rings is 6. The molecule has 0 atom stereocenters. The molecule has 0 saturated heterocycles. The number of nitrogens with zero attached hydrogens (tertiary/aromatic N) is 2. The molecule has 7 aromatic rings. The Hall–Kier alpha value is -6.12. The predicted octanol–water partition coefficient (Wildman–Crippen LogP) is 12.9. The first-order chi connectivity index (χ1) is 24.6. The van der Waals surface area contributed by atoms with Crippen molar-refractivity contribution in [3.05, 3.63) is 199 Å². The first kappa shape index (κ1) is 30.0. The van der Waals surface area contributed by atoms with Crippen molar-refractivity contribution in [2.45, 2.75) is 25.7 Å². The van der Waals surface area contributed by atoms with Crippen LogP contribution in [0, 0.1) is 0 Å². The number of para-hydroxylation sites is 2. The Morgan fingerprint density at radius 1 is 0.720 bits per heavy atom. The maximum atomic E-state index is 4.03. The fraction of sp³-hybridized carbons (Fsp3) is 0.0833. The highest BCUT2D eigenvalue weighted by Gasteiger charge is 2.38. The minimum absolute atomic E-state index is 0.211. The summed E-state index contributed by atoms with van der Waals surface area (Å²) in [4.78, 5) is 2.45. The smallest absolute Gasteiger partial charge is 0.0543 e. The topological polar surface area (TPSA) is 8.17 Å². The highest BCUT2D eigenvalue weighted by Crippen LogP contribution is 2.53. The maximum absolute atomic E-state index is 4.03. The van der Waals surface area contributed by atoms with Gasteiger partial charge in [0, 0.05) is 38.5 Å². The second-order valence-corrected chi connectivity index (χ2v) is 13.8. The van der Waals surface area contributed by atoms with Crippen molar-refractivity contribution in [2.75, 3.05) is 4.90 Å². The van der Waals surface area contributed by atoms with Gasteiger partial charge in [0.25, 0.3) is 0 Å². The summed E-state index contributed by atoms with van der Waals surface area (Å²) in [7, 11) is 0. The Morgan fingerprint density at radius 3 is 2.16 bits per heavy atom. The fourth-order valence-corrected chi connectivity index (χ4v) is 8.26. The summed E-state index contributed by atoms with van der Waals surface area (Å²) in [6, 6.07) is 46.9. The summed E-state index contributed by atoms with van der Waals surface area (Å²) in [5.74, 6) is 0. The zero-order valence-corrected chi connectivity index (χ0v) is 28.5. The Kier molecular flexibility index (Phi) is 7.07. The molecule has 2 aliphatic rings. The van der Waals surface area contributed by atoms with Crippen molar-refractivity contribution in [3.8, 4) is 16.8 Å². The molecule has 6 aromatic carbocycles. The number of fused-ring (bicyclic) bond motifs is 7. The molecule has 0 radical (unpaired) electrons. The highest BCUT2D eigenvalue weighted by molar-refractivity contribution is 6.10. The van der Waals surface area contributed by atoms with Crippen LogP contribution < -0.4 is 4.90 Å². The maximum Gasteiger partial charge on any atom is 0.0543 e. The van der Waals surface area contributed by atoms with Gasteiger partial charge in [0.15, 0.2) is 0 Å². The first-order valence-electron chi connectivity index (χ1n) is 17.5. The van der Waals surface area contributed by atoms with Gasteiger partial charge in [0.1, 0.15) is 0 Å². The normalized spacial score (nSPS) is 15.6. The first-order valence-corrected chi connectivity index (χ1v) is 17.5. The lowest BCUT2D eigenvalue weighted by Gasteiger charge is -2.31. The van der Waals surface area contributed by atoms with Crippen molar-refractivity contribution in [1.29, 1.82) is 0 Å². The van der Waals surface area contributed by atoms with Crippen LogP contribution >= 0.6 is 0 Å². The molecule has 50 heavy (non-hydrogen) atoms. The van der Waals surface area contributed by atoms with E-state index >= 15 is 0 Å². The molecule has 2 aliphatic carbocycles. The molecular weight excluding hydrogens is 605 g/mol. The van der Waals surface area contributed by atoms with Gasteiger partial charge in [-0.2, -0.15) is 0 Å². The highest BCUT2D eigenvalue weighted by atomic mass is 15.2. The molecule has 1 heterocycles. The van der Waals surface area contributed by atoms with E-state index in [9.17, 15) is 0 Å². The Balaban J connectivity index is 1.30. The molecule has 1 aromatic heterocycles. The Labute approximate surface area is 293 Å². The van der Waals surface area contributed by atoms with Crippen molar-refractivity contribution < 1.29 is 0 Å². The van der Waals surface area contributed by atoms with E-state index in [1.54, 1.807) is 0 Å². The number of allylic oxidation sites excluding steroid dienone is 8. The minimum Gasteiger partial charge on any atom is -0.310 e. The van der Waals surface area contributed by atoms with Crippen LogP contribution in [0.5, 0.6) is 0 Å². The Bertz CT molecular complexity index is 2560. The van der Waals surface area contributed by atoms with Crippen LogP contribution in [-0.2, 0) is 5.41 Å². The van der Waals surface area contributed by atoms with Crippen molar-refractivity contribution in [2.24, 2.45) is 0 Å². The van der Waals surface area contributed by atoms with E-state index in [2.05, 4.69) is 194 Å². The Morgan fingerprint density at radius 2 is 1.42 bits per heavy atom. The summed E-state index contributed by atoms with van der Waals surface area (Å²) >= 11 is 0. The molecule has 0 amide bonds. The second-order valence-electron chi connectivity index (χ2n) is 13.8. The summed E-state index contributed by atoms with van der Waals surface area (Å²) in [5.41, 5.74) is 13.5. The van der Waals surface area contributed by atoms with E-state index in [1.165, 1.54) is 66.1 Å². The monoisotopic (exact) mass is 642 g/mol. The van der Waals surface area contributed by atoms with Crippen molar-refractivity contribution in [3.63, 3.8) is 0 Å². The molecule has 0 fully saturated rings. The van der Waals surface area contributed by atoms with Crippen LogP contribution in [0.2, 0.25) is 0 Å². The quantitative estimate of drug-likeness (QED) is 0.164. The fourth-order valence-electron chi connectivity index (χ4n) is 8.26. The molecule has 2 nitrogen and oxygen atoms in total. The SMILES string of the molecule is C=C/C=C\C(=C1\C=CC=CC1)N(c1ccc2c(c1)C(C)(C)c1cccc(-n3c4ccccc4c4ccccc43)c1-2)c1cccc2ccccc12. The average Bonchev–Trinajstić information content (AvgIpc) is 3.62. The van der Waals surface area contributed by atoms with Gasteiger partial charge in [-0.05, 0) is 76.5 Å². The lowest BCUT2D eigenvalue weighted by molar-refractivity contribution is 0.660. The minimum atomic E-state index is -0.211. The molecule has 0 spiro atoms. The van der Waals surface area contributed by atoms with Crippen molar-refractivity contribution >= 4 is 44.0 Å². The van der Waals surface area contributed by atoms with Gasteiger partial charge in [0.05, 0.1) is 22.4 Å². The molecule has 2 heteroatoms. The van der Waals surface area contributed by atoms with E-state index in [4.69, 9.17) is 0 Å². The van der Waals surface area contributed by atoms with Gasteiger partial charge in [-0.1, -0.05) is 148 Å². The number of aromatic nitrogens is 1. The lowest BCUT2D eigenvalue weighted by atomic mass is 9.82. The third-order valence-electron chi connectivity index (χ3n) is 10.6. The zero-order valence-electron chi connectivity index (χ0n) is 28.5. The van der Waals surface area contributed by atoms with E-state index in [1.807, 2.05) is 6.08 Å². The summed E-state index contributed by atoms with van der Waals surface area (Å²) in [6.07, 6.45) is 15.7. The summed E-state index contributed by atoms with van der Waals surface area (Å²) < 4.78 is 2.47. The molecule has 9 rings (SSSR count). The van der Waals surface area contributed by atoms with Gasteiger partial charge in [-0.3, -0.25) is 0 Å². The molecular formula is C48H38N2. The number of rotatable bonds is 6. The molecule has 0 aliphatic heterocycles. The van der Waals surface area contributed by atoms with Crippen LogP contribution in [0.4, 0.5) is 11.4 Å². The number of hydrogen-bond donors (Lipinski definition) is 0. The molecule has 0 bridgehead atoms. The van der Waals surface area contributed by atoms with Gasteiger partial charge in [-0.15, -0.1) is 0 Å². The van der Waals surface area contributed by atoms with E-state index in [0.717, 1.165) is 23.5 Å². The van der Waals surface area contributed by atoms with Crippen molar-refractivity contribution in [1.82, 2.24) is 4.57 Å². The molecule has 0 saturated carbocycles.